The first-order valence-electron chi connectivity index (χ1n) is 6.17. The number of hydrogen-bond donors (Lipinski definition) is 1. The van der Waals surface area contributed by atoms with Gasteiger partial charge in [0.15, 0.2) is 5.75 Å². The Balaban J connectivity index is 2.92. The number of hydrogen-bond acceptors (Lipinski definition) is 2. The van der Waals surface area contributed by atoms with E-state index in [4.69, 9.17) is 0 Å². The summed E-state index contributed by atoms with van der Waals surface area (Å²) in [5.41, 5.74) is 0.362. The smallest absolute Gasteiger partial charge is 0.404 e. The molecule has 0 bridgehead atoms. The van der Waals surface area contributed by atoms with E-state index in [1.54, 1.807) is 12.1 Å². The quantitative estimate of drug-likeness (QED) is 0.755. The van der Waals surface area contributed by atoms with Crippen LogP contribution in [0.3, 0.4) is 0 Å². The maximum atomic E-state index is 12.4. The number of benzene rings is 1. The number of alkyl halides is 3. The summed E-state index contributed by atoms with van der Waals surface area (Å²) in [6, 6.07) is 4.73. The number of nitrogens with one attached hydrogen (secondary N) is 1. The van der Waals surface area contributed by atoms with Crippen LogP contribution in [-0.4, -0.2) is 12.4 Å². The predicted octanol–water partition coefficient (Wildman–Crippen LogP) is 5.34. The monoisotopic (exact) mass is 339 g/mol. The molecule has 0 aromatic heterocycles. The zero-order valence-corrected chi connectivity index (χ0v) is 12.4. The lowest BCUT2D eigenvalue weighted by Gasteiger charge is -2.20. The molecule has 1 atom stereocenters. The highest BCUT2D eigenvalue weighted by Gasteiger charge is 2.32. The summed E-state index contributed by atoms with van der Waals surface area (Å²) in [7, 11) is 0. The van der Waals surface area contributed by atoms with Gasteiger partial charge in [0.2, 0.25) is 0 Å². The first-order valence-corrected chi connectivity index (χ1v) is 6.96. The average Bonchev–Trinajstić information content (AvgIpc) is 2.29. The minimum atomic E-state index is -4.69. The predicted molar refractivity (Wildman–Crippen MR) is 73.4 cm³/mol. The van der Waals surface area contributed by atoms with Crippen molar-refractivity contribution in [2.45, 2.75) is 45.5 Å². The Bertz CT molecular complexity index is 409. The molecule has 6 heteroatoms. The second-order valence-corrected chi connectivity index (χ2v) is 5.14. The van der Waals surface area contributed by atoms with Gasteiger partial charge < -0.3 is 10.1 Å². The molecule has 0 amide bonds. The SMILES string of the molecule is CCCC(CC)Nc1ccc(Br)cc1OC(F)(F)F. The molecule has 0 saturated carbocycles. The van der Waals surface area contributed by atoms with Gasteiger partial charge in [-0.05, 0) is 31.0 Å². The third-order valence-electron chi connectivity index (χ3n) is 2.66. The number of halogens is 4. The van der Waals surface area contributed by atoms with E-state index in [1.165, 1.54) is 6.07 Å². The van der Waals surface area contributed by atoms with E-state index in [0.717, 1.165) is 19.3 Å². The van der Waals surface area contributed by atoms with Gasteiger partial charge in [0.25, 0.3) is 0 Å². The van der Waals surface area contributed by atoms with Crippen LogP contribution in [0.5, 0.6) is 5.75 Å². The minimum Gasteiger partial charge on any atom is -0.404 e. The highest BCUT2D eigenvalue weighted by molar-refractivity contribution is 9.10. The molecule has 0 radical (unpaired) electrons. The van der Waals surface area contributed by atoms with Crippen molar-refractivity contribution in [3.05, 3.63) is 22.7 Å². The molecule has 1 unspecified atom stereocenters. The molecular formula is C13H17BrF3NO. The number of ether oxygens (including phenoxy) is 1. The number of rotatable bonds is 6. The molecule has 1 aromatic carbocycles. The van der Waals surface area contributed by atoms with Crippen LogP contribution < -0.4 is 10.1 Å². The van der Waals surface area contributed by atoms with Crippen molar-refractivity contribution < 1.29 is 17.9 Å². The fourth-order valence-corrected chi connectivity index (χ4v) is 2.11. The summed E-state index contributed by atoms with van der Waals surface area (Å²) in [6.07, 6.45) is -1.98. The molecule has 0 saturated heterocycles. The summed E-state index contributed by atoms with van der Waals surface area (Å²) in [4.78, 5) is 0. The molecule has 0 aliphatic rings. The Morgan fingerprint density at radius 3 is 2.53 bits per heavy atom. The van der Waals surface area contributed by atoms with Crippen LogP contribution in [0.4, 0.5) is 18.9 Å². The van der Waals surface area contributed by atoms with Crippen LogP contribution in [0, 0.1) is 0 Å². The fraction of sp³-hybridized carbons (Fsp3) is 0.538. The largest absolute Gasteiger partial charge is 0.573 e. The maximum absolute atomic E-state index is 12.4. The molecule has 1 N–H and O–H groups in total. The van der Waals surface area contributed by atoms with Crippen LogP contribution in [0.2, 0.25) is 0 Å². The van der Waals surface area contributed by atoms with Crippen molar-refractivity contribution in [1.82, 2.24) is 0 Å². The molecule has 1 rings (SSSR count). The van der Waals surface area contributed by atoms with E-state index < -0.39 is 6.36 Å². The molecule has 1 aromatic rings. The average molecular weight is 340 g/mol. The maximum Gasteiger partial charge on any atom is 0.573 e. The van der Waals surface area contributed by atoms with Crippen LogP contribution in [-0.2, 0) is 0 Å². The van der Waals surface area contributed by atoms with Crippen molar-refractivity contribution in [2.24, 2.45) is 0 Å². The van der Waals surface area contributed by atoms with Gasteiger partial charge in [-0.2, -0.15) is 0 Å². The van der Waals surface area contributed by atoms with Gasteiger partial charge in [-0.15, -0.1) is 13.2 Å². The van der Waals surface area contributed by atoms with Crippen molar-refractivity contribution in [2.75, 3.05) is 5.32 Å². The summed E-state index contributed by atoms with van der Waals surface area (Å²) < 4.78 is 41.7. The van der Waals surface area contributed by atoms with E-state index >= 15 is 0 Å². The Kier molecular flexibility index (Phi) is 5.97. The van der Waals surface area contributed by atoms with Gasteiger partial charge in [-0.25, -0.2) is 0 Å². The molecule has 2 nitrogen and oxygen atoms in total. The van der Waals surface area contributed by atoms with Crippen molar-refractivity contribution in [3.63, 3.8) is 0 Å². The standard InChI is InChI=1S/C13H17BrF3NO/c1-3-5-10(4-2)18-11-7-6-9(14)8-12(11)19-13(15,16)17/h6-8,10,18H,3-5H2,1-2H3. The minimum absolute atomic E-state index is 0.141. The third-order valence-corrected chi connectivity index (χ3v) is 3.15. The van der Waals surface area contributed by atoms with Gasteiger partial charge in [-0.1, -0.05) is 36.2 Å². The van der Waals surface area contributed by atoms with Crippen molar-refractivity contribution in [3.8, 4) is 5.75 Å². The molecule has 0 spiro atoms. The highest BCUT2D eigenvalue weighted by Crippen LogP contribution is 2.33. The van der Waals surface area contributed by atoms with Crippen LogP contribution in [0.15, 0.2) is 22.7 Å². The van der Waals surface area contributed by atoms with E-state index in [9.17, 15) is 13.2 Å². The normalized spacial score (nSPS) is 13.2. The molecule has 0 heterocycles. The first kappa shape index (κ1) is 16.1. The van der Waals surface area contributed by atoms with E-state index in [1.807, 2.05) is 13.8 Å². The van der Waals surface area contributed by atoms with E-state index in [-0.39, 0.29) is 11.8 Å². The zero-order chi connectivity index (χ0) is 14.5. The Morgan fingerprint density at radius 2 is 2.00 bits per heavy atom. The van der Waals surface area contributed by atoms with Crippen LogP contribution in [0.25, 0.3) is 0 Å². The molecule has 0 aliphatic heterocycles. The van der Waals surface area contributed by atoms with Gasteiger partial charge in [0.05, 0.1) is 5.69 Å². The number of anilines is 1. The Hall–Kier alpha value is -0.910. The highest BCUT2D eigenvalue weighted by atomic mass is 79.9. The van der Waals surface area contributed by atoms with Crippen molar-refractivity contribution in [1.29, 1.82) is 0 Å². The Labute approximate surface area is 119 Å². The molecule has 0 fully saturated rings. The first-order chi connectivity index (χ1) is 8.85. The molecule has 108 valence electrons. The lowest BCUT2D eigenvalue weighted by atomic mass is 10.1. The van der Waals surface area contributed by atoms with Crippen LogP contribution >= 0.6 is 15.9 Å². The van der Waals surface area contributed by atoms with Gasteiger partial charge in [-0.3, -0.25) is 0 Å². The molecule has 19 heavy (non-hydrogen) atoms. The van der Waals surface area contributed by atoms with Gasteiger partial charge >= 0.3 is 6.36 Å². The zero-order valence-electron chi connectivity index (χ0n) is 10.9. The van der Waals surface area contributed by atoms with Crippen LogP contribution in [0.1, 0.15) is 33.1 Å². The summed E-state index contributed by atoms with van der Waals surface area (Å²) >= 11 is 3.14. The second-order valence-electron chi connectivity index (χ2n) is 4.23. The van der Waals surface area contributed by atoms with Gasteiger partial charge in [0.1, 0.15) is 0 Å². The summed E-state index contributed by atoms with van der Waals surface area (Å²) in [5, 5.41) is 3.10. The third kappa shape index (κ3) is 5.72. The lowest BCUT2D eigenvalue weighted by Crippen LogP contribution is -2.21. The Morgan fingerprint density at radius 1 is 1.32 bits per heavy atom. The lowest BCUT2D eigenvalue weighted by molar-refractivity contribution is -0.274. The molecular weight excluding hydrogens is 323 g/mol. The fourth-order valence-electron chi connectivity index (χ4n) is 1.77. The topological polar surface area (TPSA) is 21.3 Å². The van der Waals surface area contributed by atoms with Crippen molar-refractivity contribution >= 4 is 21.6 Å². The summed E-state index contributed by atoms with van der Waals surface area (Å²) in [6.45, 7) is 4.04. The second kappa shape index (κ2) is 7.03. The summed E-state index contributed by atoms with van der Waals surface area (Å²) in [5.74, 6) is -0.212. The van der Waals surface area contributed by atoms with E-state index in [2.05, 4.69) is 26.0 Å². The molecule has 0 aliphatic carbocycles. The van der Waals surface area contributed by atoms with Gasteiger partial charge in [0, 0.05) is 10.5 Å². The van der Waals surface area contributed by atoms with E-state index in [0.29, 0.717) is 10.2 Å².